The summed E-state index contributed by atoms with van der Waals surface area (Å²) in [5, 5.41) is 8.54. The maximum absolute atomic E-state index is 12.6. The molecule has 19 heavy (non-hydrogen) atoms. The van der Waals surface area contributed by atoms with Crippen molar-refractivity contribution in [1.29, 1.82) is 0 Å². The number of alkyl halides is 5. The minimum Gasteiger partial charge on any atom is -0.481 e. The van der Waals surface area contributed by atoms with Gasteiger partial charge in [0, 0.05) is 17.3 Å². The monoisotopic (exact) mass is 286 g/mol. The molecule has 0 saturated carbocycles. The van der Waals surface area contributed by atoms with E-state index in [0.717, 1.165) is 0 Å². The highest BCUT2D eigenvalue weighted by Gasteiger charge is 2.35. The summed E-state index contributed by atoms with van der Waals surface area (Å²) in [5.74, 6) is -3.65. The fraction of sp³-hybridized carbons (Fsp3) is 0.333. The number of halogens is 5. The second-order valence-electron chi connectivity index (χ2n) is 3.33. The Morgan fingerprint density at radius 1 is 1.47 bits per heavy atom. The molecule has 0 spiro atoms. The zero-order valence-electron chi connectivity index (χ0n) is 9.04. The zero-order valence-corrected chi connectivity index (χ0v) is 9.04. The van der Waals surface area contributed by atoms with Gasteiger partial charge >= 0.3 is 12.3 Å². The Bertz CT molecular complexity index is 489. The lowest BCUT2D eigenvalue weighted by molar-refractivity contribution is -0.274. The van der Waals surface area contributed by atoms with Gasteiger partial charge in [-0.2, -0.15) is 0 Å². The lowest BCUT2D eigenvalue weighted by Gasteiger charge is -2.16. The van der Waals surface area contributed by atoms with Crippen molar-refractivity contribution in [1.82, 2.24) is 4.98 Å². The number of carboxylic acids is 1. The molecule has 3 N–H and O–H groups in total. The second-order valence-corrected chi connectivity index (χ2v) is 3.33. The number of anilines is 1. The summed E-state index contributed by atoms with van der Waals surface area (Å²) in [7, 11) is 0. The van der Waals surface area contributed by atoms with Gasteiger partial charge in [0.2, 0.25) is 0 Å². The number of ether oxygens (including phenoxy) is 1. The molecule has 1 aromatic heterocycles. The van der Waals surface area contributed by atoms with Crippen LogP contribution in [0.4, 0.5) is 27.8 Å². The molecule has 0 amide bonds. The van der Waals surface area contributed by atoms with Crippen LogP contribution >= 0.6 is 0 Å². The van der Waals surface area contributed by atoms with E-state index >= 15 is 0 Å². The summed E-state index contributed by atoms with van der Waals surface area (Å²) in [6.45, 7) is 0. The molecule has 0 atom stereocenters. The van der Waals surface area contributed by atoms with Crippen LogP contribution in [-0.2, 0) is 11.2 Å². The molecule has 10 heteroatoms. The average Bonchev–Trinajstić information content (AvgIpc) is 2.20. The molecule has 0 saturated heterocycles. The van der Waals surface area contributed by atoms with Gasteiger partial charge in [-0.05, 0) is 0 Å². The van der Waals surface area contributed by atoms with Crippen LogP contribution in [0.2, 0.25) is 0 Å². The topological polar surface area (TPSA) is 85.4 Å². The Morgan fingerprint density at radius 3 is 2.47 bits per heavy atom. The van der Waals surface area contributed by atoms with E-state index < -0.39 is 47.9 Å². The third-order valence-corrected chi connectivity index (χ3v) is 1.98. The van der Waals surface area contributed by atoms with Crippen molar-refractivity contribution >= 4 is 11.8 Å². The van der Waals surface area contributed by atoms with Crippen LogP contribution < -0.4 is 10.5 Å². The lowest BCUT2D eigenvalue weighted by atomic mass is 10.1. The standard InChI is InChI=1S/C9H7F5N2O3/c10-7(11)4-2-16-8(15)6(19-9(12,13)14)3(4)1-5(17)18/h2,7H,1H2,(H2,15,16)(H,17,18). The first-order chi connectivity index (χ1) is 8.61. The number of pyridine rings is 1. The Hall–Kier alpha value is -2.13. The number of carbonyl (C=O) groups is 1. The quantitative estimate of drug-likeness (QED) is 0.828. The first kappa shape index (κ1) is 14.9. The number of carboxylic acid groups (broad SMARTS) is 1. The molecule has 0 aromatic carbocycles. The number of nitrogens with two attached hydrogens (primary N) is 1. The highest BCUT2D eigenvalue weighted by atomic mass is 19.4. The van der Waals surface area contributed by atoms with Gasteiger partial charge in [-0.25, -0.2) is 13.8 Å². The maximum Gasteiger partial charge on any atom is 0.573 e. The first-order valence-corrected chi connectivity index (χ1v) is 4.64. The number of aromatic nitrogens is 1. The number of aliphatic carboxylic acids is 1. The van der Waals surface area contributed by atoms with Crippen molar-refractivity contribution < 1.29 is 36.6 Å². The van der Waals surface area contributed by atoms with Crippen molar-refractivity contribution in [3.8, 4) is 5.75 Å². The highest BCUT2D eigenvalue weighted by Crippen LogP contribution is 2.36. The van der Waals surface area contributed by atoms with Crippen LogP contribution in [0.25, 0.3) is 0 Å². The predicted molar refractivity (Wildman–Crippen MR) is 51.6 cm³/mol. The van der Waals surface area contributed by atoms with Crippen molar-refractivity contribution in [3.63, 3.8) is 0 Å². The Balaban J connectivity index is 3.39. The van der Waals surface area contributed by atoms with Gasteiger partial charge in [0.25, 0.3) is 6.43 Å². The van der Waals surface area contributed by atoms with E-state index in [2.05, 4.69) is 9.72 Å². The molecular weight excluding hydrogens is 279 g/mol. The SMILES string of the molecule is Nc1ncc(C(F)F)c(CC(=O)O)c1OC(F)(F)F. The predicted octanol–water partition coefficient (Wildman–Crippen LogP) is 2.13. The van der Waals surface area contributed by atoms with E-state index in [0.29, 0.717) is 6.20 Å². The molecule has 0 aliphatic heterocycles. The zero-order chi connectivity index (χ0) is 14.8. The molecule has 0 bridgehead atoms. The Kier molecular flexibility index (Phi) is 4.12. The molecule has 0 fully saturated rings. The van der Waals surface area contributed by atoms with E-state index in [-0.39, 0.29) is 0 Å². The van der Waals surface area contributed by atoms with Crippen LogP contribution in [0.15, 0.2) is 6.20 Å². The average molecular weight is 286 g/mol. The van der Waals surface area contributed by atoms with Crippen molar-refractivity contribution in [3.05, 3.63) is 17.3 Å². The number of nitrogens with zero attached hydrogens (tertiary/aromatic N) is 1. The molecule has 0 radical (unpaired) electrons. The van der Waals surface area contributed by atoms with Crippen LogP contribution in [0.3, 0.4) is 0 Å². The number of rotatable bonds is 4. The maximum atomic E-state index is 12.6. The van der Waals surface area contributed by atoms with E-state index in [1.54, 1.807) is 0 Å². The van der Waals surface area contributed by atoms with Crippen LogP contribution in [0.5, 0.6) is 5.75 Å². The van der Waals surface area contributed by atoms with Gasteiger partial charge in [-0.3, -0.25) is 4.79 Å². The third-order valence-electron chi connectivity index (χ3n) is 1.98. The van der Waals surface area contributed by atoms with Gasteiger partial charge < -0.3 is 15.6 Å². The van der Waals surface area contributed by atoms with Crippen LogP contribution in [0, 0.1) is 0 Å². The molecule has 1 aromatic rings. The van der Waals surface area contributed by atoms with Crippen LogP contribution in [-0.4, -0.2) is 22.4 Å². The fourth-order valence-corrected chi connectivity index (χ4v) is 1.31. The summed E-state index contributed by atoms with van der Waals surface area (Å²) in [4.78, 5) is 13.7. The van der Waals surface area contributed by atoms with E-state index in [9.17, 15) is 26.7 Å². The molecule has 5 nitrogen and oxygen atoms in total. The van der Waals surface area contributed by atoms with Gasteiger partial charge in [0.1, 0.15) is 0 Å². The molecule has 0 unspecified atom stereocenters. The molecule has 0 aliphatic carbocycles. The van der Waals surface area contributed by atoms with Crippen molar-refractivity contribution in [2.24, 2.45) is 0 Å². The highest BCUT2D eigenvalue weighted by molar-refractivity contribution is 5.73. The minimum atomic E-state index is -5.20. The summed E-state index contributed by atoms with van der Waals surface area (Å²) < 4.78 is 65.1. The normalized spacial score (nSPS) is 11.7. The molecule has 106 valence electrons. The first-order valence-electron chi connectivity index (χ1n) is 4.64. The smallest absolute Gasteiger partial charge is 0.481 e. The minimum absolute atomic E-state index is 0.515. The van der Waals surface area contributed by atoms with Crippen molar-refractivity contribution in [2.45, 2.75) is 19.2 Å². The Labute approximate surface area is 102 Å². The summed E-state index contributed by atoms with van der Waals surface area (Å²) in [5.41, 5.74) is 3.27. The number of hydrogen-bond acceptors (Lipinski definition) is 4. The van der Waals surface area contributed by atoms with E-state index in [4.69, 9.17) is 10.8 Å². The number of nitrogen functional groups attached to an aromatic ring is 1. The van der Waals surface area contributed by atoms with Gasteiger partial charge in [0.15, 0.2) is 11.6 Å². The van der Waals surface area contributed by atoms with Gasteiger partial charge in [-0.15, -0.1) is 13.2 Å². The summed E-state index contributed by atoms with van der Waals surface area (Å²) in [6.07, 6.45) is -9.00. The Morgan fingerprint density at radius 2 is 2.05 bits per heavy atom. The molecule has 1 heterocycles. The molecule has 0 aliphatic rings. The third kappa shape index (κ3) is 3.93. The number of hydrogen-bond donors (Lipinski definition) is 2. The molecule has 1 rings (SSSR count). The summed E-state index contributed by atoms with van der Waals surface area (Å²) in [6, 6.07) is 0. The molecular formula is C9H7F5N2O3. The lowest BCUT2D eigenvalue weighted by Crippen LogP contribution is -2.21. The van der Waals surface area contributed by atoms with Gasteiger partial charge in [0.05, 0.1) is 6.42 Å². The van der Waals surface area contributed by atoms with Crippen LogP contribution in [0.1, 0.15) is 17.6 Å². The second kappa shape index (κ2) is 5.24. The van der Waals surface area contributed by atoms with Gasteiger partial charge in [-0.1, -0.05) is 0 Å². The van der Waals surface area contributed by atoms with Crippen molar-refractivity contribution in [2.75, 3.05) is 5.73 Å². The largest absolute Gasteiger partial charge is 0.573 e. The van der Waals surface area contributed by atoms with E-state index in [1.165, 1.54) is 0 Å². The van der Waals surface area contributed by atoms with E-state index in [1.807, 2.05) is 0 Å². The fourth-order valence-electron chi connectivity index (χ4n) is 1.31. The summed E-state index contributed by atoms with van der Waals surface area (Å²) >= 11 is 0.